The molecular formula is C15H21N5O2. The van der Waals surface area contributed by atoms with Crippen molar-refractivity contribution in [2.75, 3.05) is 6.54 Å². The van der Waals surface area contributed by atoms with E-state index in [-0.39, 0.29) is 23.8 Å². The van der Waals surface area contributed by atoms with Crippen LogP contribution in [-0.4, -0.2) is 27.6 Å². The van der Waals surface area contributed by atoms with E-state index in [0.29, 0.717) is 18.3 Å². The number of rotatable bonds is 6. The minimum absolute atomic E-state index is 0.111. The number of pyridine rings is 1. The first-order valence-corrected chi connectivity index (χ1v) is 7.27. The first-order valence-electron chi connectivity index (χ1n) is 7.27. The van der Waals surface area contributed by atoms with E-state index in [2.05, 4.69) is 20.4 Å². The van der Waals surface area contributed by atoms with Gasteiger partial charge in [0.2, 0.25) is 17.6 Å². The first-order chi connectivity index (χ1) is 10.5. The number of nitrogens with zero attached hydrogens (tertiary/aromatic N) is 3. The summed E-state index contributed by atoms with van der Waals surface area (Å²) in [6.07, 6.45) is 3.33. The molecule has 0 aromatic carbocycles. The Kier molecular flexibility index (Phi) is 5.21. The van der Waals surface area contributed by atoms with Gasteiger partial charge in [-0.05, 0) is 18.1 Å². The van der Waals surface area contributed by atoms with E-state index in [1.54, 1.807) is 31.5 Å². The third kappa shape index (κ3) is 3.67. The Balaban J connectivity index is 2.20. The van der Waals surface area contributed by atoms with E-state index in [4.69, 9.17) is 10.3 Å². The smallest absolute Gasteiger partial charge is 0.249 e. The molecule has 2 rings (SSSR count). The summed E-state index contributed by atoms with van der Waals surface area (Å²) in [4.78, 5) is 20.4. The molecule has 0 aliphatic heterocycles. The second-order valence-corrected chi connectivity index (χ2v) is 5.56. The molecule has 2 aromatic rings. The number of aromatic nitrogens is 3. The van der Waals surface area contributed by atoms with Crippen molar-refractivity contribution in [2.24, 2.45) is 17.6 Å². The molecule has 0 saturated heterocycles. The highest BCUT2D eigenvalue weighted by molar-refractivity contribution is 5.78. The normalized spacial score (nSPS) is 13.9. The lowest BCUT2D eigenvalue weighted by Gasteiger charge is -2.20. The van der Waals surface area contributed by atoms with E-state index in [1.165, 1.54) is 0 Å². The quantitative estimate of drug-likeness (QED) is 0.838. The number of nitrogens with two attached hydrogens (primary N) is 1. The van der Waals surface area contributed by atoms with Gasteiger partial charge in [-0.2, -0.15) is 4.98 Å². The molecule has 2 unspecified atom stereocenters. The van der Waals surface area contributed by atoms with Crippen molar-refractivity contribution in [3.63, 3.8) is 0 Å². The van der Waals surface area contributed by atoms with E-state index in [1.807, 2.05) is 13.8 Å². The van der Waals surface area contributed by atoms with Gasteiger partial charge in [-0.15, -0.1) is 0 Å². The van der Waals surface area contributed by atoms with Gasteiger partial charge < -0.3 is 15.6 Å². The van der Waals surface area contributed by atoms with Crippen LogP contribution in [0.25, 0.3) is 11.4 Å². The Morgan fingerprint density at radius 1 is 1.32 bits per heavy atom. The van der Waals surface area contributed by atoms with Crippen molar-refractivity contribution < 1.29 is 9.32 Å². The van der Waals surface area contributed by atoms with Crippen molar-refractivity contribution in [3.05, 3.63) is 30.4 Å². The molecule has 0 aliphatic rings. The molecule has 0 aliphatic carbocycles. The third-order valence-electron chi connectivity index (χ3n) is 3.41. The van der Waals surface area contributed by atoms with Crippen molar-refractivity contribution >= 4 is 5.91 Å². The molecule has 0 fully saturated rings. The standard InChI is InChI=1S/C15H21N5O2/c1-9(2)12(18-14(21)10(3)8-16)15-19-13(20-22-15)11-4-6-17-7-5-11/h4-7,9-10,12H,8,16H2,1-3H3,(H,18,21). The average Bonchev–Trinajstić information content (AvgIpc) is 3.01. The fourth-order valence-electron chi connectivity index (χ4n) is 1.90. The summed E-state index contributed by atoms with van der Waals surface area (Å²) in [5, 5.41) is 6.89. The van der Waals surface area contributed by atoms with E-state index in [9.17, 15) is 4.79 Å². The highest BCUT2D eigenvalue weighted by atomic mass is 16.5. The molecule has 2 atom stereocenters. The molecule has 7 nitrogen and oxygen atoms in total. The summed E-state index contributed by atoms with van der Waals surface area (Å²) in [7, 11) is 0. The predicted molar refractivity (Wildman–Crippen MR) is 81.5 cm³/mol. The number of nitrogens with one attached hydrogen (secondary N) is 1. The summed E-state index contributed by atoms with van der Waals surface area (Å²) >= 11 is 0. The number of carbonyl (C=O) groups excluding carboxylic acids is 1. The molecule has 0 saturated carbocycles. The zero-order valence-electron chi connectivity index (χ0n) is 13.0. The van der Waals surface area contributed by atoms with Crippen LogP contribution in [0.15, 0.2) is 29.0 Å². The van der Waals surface area contributed by atoms with Gasteiger partial charge in [0.1, 0.15) is 6.04 Å². The molecule has 0 radical (unpaired) electrons. The topological polar surface area (TPSA) is 107 Å². The van der Waals surface area contributed by atoms with Crippen molar-refractivity contribution in [3.8, 4) is 11.4 Å². The lowest BCUT2D eigenvalue weighted by molar-refractivity contribution is -0.125. The van der Waals surface area contributed by atoms with Gasteiger partial charge in [0.25, 0.3) is 0 Å². The largest absolute Gasteiger partial charge is 0.344 e. The fraction of sp³-hybridized carbons (Fsp3) is 0.467. The van der Waals surface area contributed by atoms with Crippen LogP contribution < -0.4 is 11.1 Å². The van der Waals surface area contributed by atoms with Gasteiger partial charge in [0, 0.05) is 30.4 Å². The highest BCUT2D eigenvalue weighted by Gasteiger charge is 2.26. The van der Waals surface area contributed by atoms with Crippen LogP contribution in [0, 0.1) is 11.8 Å². The highest BCUT2D eigenvalue weighted by Crippen LogP contribution is 2.23. The Hall–Kier alpha value is -2.28. The zero-order valence-corrected chi connectivity index (χ0v) is 13.0. The maximum absolute atomic E-state index is 12.0. The van der Waals surface area contributed by atoms with Crippen LogP contribution in [0.2, 0.25) is 0 Å². The van der Waals surface area contributed by atoms with Crippen LogP contribution in [-0.2, 0) is 4.79 Å². The van der Waals surface area contributed by atoms with Crippen LogP contribution >= 0.6 is 0 Å². The minimum atomic E-state index is -0.343. The lowest BCUT2D eigenvalue weighted by Crippen LogP contribution is -2.38. The predicted octanol–water partition coefficient (Wildman–Crippen LogP) is 1.54. The molecule has 118 valence electrons. The third-order valence-corrected chi connectivity index (χ3v) is 3.41. The van der Waals surface area contributed by atoms with E-state index < -0.39 is 0 Å². The molecule has 0 bridgehead atoms. The molecule has 2 aromatic heterocycles. The maximum atomic E-state index is 12.0. The number of hydrogen-bond acceptors (Lipinski definition) is 6. The minimum Gasteiger partial charge on any atom is -0.344 e. The molecule has 1 amide bonds. The Bertz CT molecular complexity index is 611. The number of carbonyl (C=O) groups is 1. The summed E-state index contributed by atoms with van der Waals surface area (Å²) in [6.45, 7) is 6.04. The van der Waals surface area contributed by atoms with Gasteiger partial charge in [0.05, 0.1) is 0 Å². The van der Waals surface area contributed by atoms with E-state index in [0.717, 1.165) is 5.56 Å². The van der Waals surface area contributed by atoms with Gasteiger partial charge >= 0.3 is 0 Å². The second-order valence-electron chi connectivity index (χ2n) is 5.56. The van der Waals surface area contributed by atoms with Gasteiger partial charge in [-0.3, -0.25) is 9.78 Å². The zero-order chi connectivity index (χ0) is 16.1. The second kappa shape index (κ2) is 7.13. The lowest BCUT2D eigenvalue weighted by atomic mass is 10.0. The van der Waals surface area contributed by atoms with Crippen molar-refractivity contribution in [1.82, 2.24) is 20.4 Å². The Labute approximate surface area is 129 Å². The molecule has 22 heavy (non-hydrogen) atoms. The maximum Gasteiger partial charge on any atom is 0.249 e. The fourth-order valence-corrected chi connectivity index (χ4v) is 1.90. The summed E-state index contributed by atoms with van der Waals surface area (Å²) < 4.78 is 5.33. The van der Waals surface area contributed by atoms with Crippen LogP contribution in [0.1, 0.15) is 32.7 Å². The Morgan fingerprint density at radius 2 is 2.00 bits per heavy atom. The Morgan fingerprint density at radius 3 is 2.59 bits per heavy atom. The van der Waals surface area contributed by atoms with Crippen LogP contribution in [0.5, 0.6) is 0 Å². The van der Waals surface area contributed by atoms with Crippen LogP contribution in [0.4, 0.5) is 0 Å². The van der Waals surface area contributed by atoms with E-state index >= 15 is 0 Å². The molecular weight excluding hydrogens is 282 g/mol. The number of hydrogen-bond donors (Lipinski definition) is 2. The monoisotopic (exact) mass is 303 g/mol. The van der Waals surface area contributed by atoms with Crippen molar-refractivity contribution in [2.45, 2.75) is 26.8 Å². The number of amides is 1. The summed E-state index contributed by atoms with van der Waals surface area (Å²) in [5.74, 6) is 0.594. The summed E-state index contributed by atoms with van der Waals surface area (Å²) in [6, 6.07) is 3.26. The molecule has 0 spiro atoms. The van der Waals surface area contributed by atoms with Gasteiger partial charge in [0.15, 0.2) is 0 Å². The molecule has 3 N–H and O–H groups in total. The SMILES string of the molecule is CC(CN)C(=O)NC(c1nc(-c2ccncc2)no1)C(C)C. The summed E-state index contributed by atoms with van der Waals surface area (Å²) in [5.41, 5.74) is 6.34. The average molecular weight is 303 g/mol. The van der Waals surface area contributed by atoms with Crippen LogP contribution in [0.3, 0.4) is 0 Å². The van der Waals surface area contributed by atoms with Crippen molar-refractivity contribution in [1.29, 1.82) is 0 Å². The van der Waals surface area contributed by atoms with Gasteiger partial charge in [-0.25, -0.2) is 0 Å². The molecule has 7 heteroatoms. The molecule has 2 heterocycles. The van der Waals surface area contributed by atoms with Gasteiger partial charge in [-0.1, -0.05) is 25.9 Å². The first kappa shape index (κ1) is 16.1.